The Kier molecular flexibility index (Phi) is 2.61. The van der Waals surface area contributed by atoms with Gasteiger partial charge in [0.15, 0.2) is 0 Å². The molecule has 4 heteroatoms. The van der Waals surface area contributed by atoms with Crippen LogP contribution in [-0.2, 0) is 0 Å². The summed E-state index contributed by atoms with van der Waals surface area (Å²) in [5.41, 5.74) is -0.612. The Morgan fingerprint density at radius 1 is 1.60 bits per heavy atom. The molecule has 1 saturated carbocycles. The fraction of sp³-hybridized carbons (Fsp3) is 0.636. The van der Waals surface area contributed by atoms with E-state index in [1.54, 1.807) is 6.20 Å². The molecule has 82 valence electrons. The Hall–Kier alpha value is -1.16. The van der Waals surface area contributed by atoms with E-state index in [0.29, 0.717) is 0 Å². The molecule has 0 amide bonds. The second kappa shape index (κ2) is 3.77. The van der Waals surface area contributed by atoms with Crippen LogP contribution in [0, 0.1) is 6.92 Å². The summed E-state index contributed by atoms with van der Waals surface area (Å²) < 4.78 is 0. The van der Waals surface area contributed by atoms with Crippen LogP contribution in [0.1, 0.15) is 32.0 Å². The molecule has 1 aromatic heterocycles. The minimum atomic E-state index is -0.612. The number of nitrogens with zero attached hydrogens (tertiary/aromatic N) is 2. The van der Waals surface area contributed by atoms with E-state index in [1.165, 1.54) is 0 Å². The van der Waals surface area contributed by atoms with Gasteiger partial charge in [-0.05, 0) is 39.2 Å². The monoisotopic (exact) mass is 207 g/mol. The molecule has 0 spiro atoms. The van der Waals surface area contributed by atoms with E-state index in [2.05, 4.69) is 15.3 Å². The number of hydrogen-bond donors (Lipinski definition) is 2. The third-order valence-electron chi connectivity index (χ3n) is 3.02. The zero-order valence-electron chi connectivity index (χ0n) is 9.20. The van der Waals surface area contributed by atoms with Crippen molar-refractivity contribution in [1.29, 1.82) is 0 Å². The molecule has 1 heterocycles. The second-order valence-corrected chi connectivity index (χ2v) is 4.44. The van der Waals surface area contributed by atoms with Crippen LogP contribution in [-0.4, -0.2) is 26.7 Å². The van der Waals surface area contributed by atoms with Crippen LogP contribution < -0.4 is 5.32 Å². The molecule has 0 saturated heterocycles. The Bertz CT molecular complexity index is 351. The lowest BCUT2D eigenvalue weighted by Crippen LogP contribution is -2.39. The number of aliphatic hydroxyl groups is 1. The van der Waals surface area contributed by atoms with Crippen molar-refractivity contribution < 1.29 is 5.11 Å². The average molecular weight is 207 g/mol. The van der Waals surface area contributed by atoms with E-state index < -0.39 is 5.60 Å². The van der Waals surface area contributed by atoms with Crippen molar-refractivity contribution in [1.82, 2.24) is 9.97 Å². The largest absolute Gasteiger partial charge is 0.388 e. The summed E-state index contributed by atoms with van der Waals surface area (Å²) in [7, 11) is 0. The highest BCUT2D eigenvalue weighted by molar-refractivity contribution is 5.35. The summed E-state index contributed by atoms with van der Waals surface area (Å²) in [4.78, 5) is 8.31. The molecule has 1 aromatic rings. The van der Waals surface area contributed by atoms with Gasteiger partial charge in [0.2, 0.25) is 0 Å². The first-order valence-electron chi connectivity index (χ1n) is 5.36. The maximum absolute atomic E-state index is 10.1. The van der Waals surface area contributed by atoms with Crippen LogP contribution in [0.5, 0.6) is 0 Å². The topological polar surface area (TPSA) is 58.0 Å². The third kappa shape index (κ3) is 2.26. The molecule has 15 heavy (non-hydrogen) atoms. The third-order valence-corrected chi connectivity index (χ3v) is 3.02. The number of aromatic nitrogens is 2. The highest BCUT2D eigenvalue weighted by Gasteiger charge is 2.36. The Balaban J connectivity index is 2.09. The molecule has 2 N–H and O–H groups in total. The van der Waals surface area contributed by atoms with Gasteiger partial charge in [-0.3, -0.25) is 0 Å². The van der Waals surface area contributed by atoms with Crippen LogP contribution >= 0.6 is 0 Å². The van der Waals surface area contributed by atoms with E-state index in [0.717, 1.165) is 30.9 Å². The fourth-order valence-corrected chi connectivity index (χ4v) is 2.09. The van der Waals surface area contributed by atoms with E-state index in [4.69, 9.17) is 0 Å². The summed E-state index contributed by atoms with van der Waals surface area (Å²) >= 11 is 0. The molecule has 1 fully saturated rings. The highest BCUT2D eigenvalue weighted by Crippen LogP contribution is 2.31. The first-order chi connectivity index (χ1) is 7.08. The van der Waals surface area contributed by atoms with Crippen LogP contribution in [0.25, 0.3) is 0 Å². The Morgan fingerprint density at radius 2 is 2.40 bits per heavy atom. The van der Waals surface area contributed by atoms with E-state index in [1.807, 2.05) is 19.9 Å². The van der Waals surface area contributed by atoms with Crippen molar-refractivity contribution in [2.45, 2.75) is 44.8 Å². The van der Waals surface area contributed by atoms with Gasteiger partial charge < -0.3 is 10.4 Å². The van der Waals surface area contributed by atoms with Crippen LogP contribution in [0.2, 0.25) is 0 Å². The number of aryl methyl sites for hydroxylation is 1. The summed E-state index contributed by atoms with van der Waals surface area (Å²) in [5, 5.41) is 13.3. The van der Waals surface area contributed by atoms with Crippen LogP contribution in [0.15, 0.2) is 12.3 Å². The molecule has 0 aliphatic heterocycles. The fourth-order valence-electron chi connectivity index (χ4n) is 2.09. The molecule has 2 unspecified atom stereocenters. The lowest BCUT2D eigenvalue weighted by atomic mass is 10.0. The number of anilines is 1. The normalized spacial score (nSPS) is 30.5. The van der Waals surface area contributed by atoms with E-state index in [9.17, 15) is 5.11 Å². The average Bonchev–Trinajstić information content (AvgIpc) is 2.46. The van der Waals surface area contributed by atoms with Crippen LogP contribution in [0.4, 0.5) is 5.82 Å². The summed E-state index contributed by atoms with van der Waals surface area (Å²) in [6, 6.07) is 1.94. The molecule has 0 radical (unpaired) electrons. The van der Waals surface area contributed by atoms with Crippen LogP contribution in [0.3, 0.4) is 0 Å². The smallest absolute Gasteiger partial charge is 0.129 e. The maximum Gasteiger partial charge on any atom is 0.129 e. The van der Waals surface area contributed by atoms with Crippen molar-refractivity contribution in [3.63, 3.8) is 0 Å². The Labute approximate surface area is 89.8 Å². The molecular weight excluding hydrogens is 190 g/mol. The molecule has 1 aliphatic rings. The second-order valence-electron chi connectivity index (χ2n) is 4.44. The molecule has 2 rings (SSSR count). The van der Waals surface area contributed by atoms with Gasteiger partial charge in [0.05, 0.1) is 11.6 Å². The first kappa shape index (κ1) is 10.4. The Morgan fingerprint density at radius 3 is 3.00 bits per heavy atom. The van der Waals surface area contributed by atoms with Crippen molar-refractivity contribution in [3.05, 3.63) is 18.1 Å². The van der Waals surface area contributed by atoms with Crippen molar-refractivity contribution >= 4 is 5.82 Å². The molecule has 0 aromatic carbocycles. The van der Waals surface area contributed by atoms with Crippen molar-refractivity contribution in [3.8, 4) is 0 Å². The van der Waals surface area contributed by atoms with Gasteiger partial charge >= 0.3 is 0 Å². The molecule has 0 bridgehead atoms. The maximum atomic E-state index is 10.1. The van der Waals surface area contributed by atoms with Gasteiger partial charge in [-0.25, -0.2) is 9.97 Å². The lowest BCUT2D eigenvalue weighted by Gasteiger charge is -2.26. The first-order valence-corrected chi connectivity index (χ1v) is 5.36. The molecular formula is C11H17N3O. The molecule has 2 atom stereocenters. The van der Waals surface area contributed by atoms with E-state index >= 15 is 0 Å². The van der Waals surface area contributed by atoms with Gasteiger partial charge in [-0.2, -0.15) is 0 Å². The van der Waals surface area contributed by atoms with E-state index in [-0.39, 0.29) is 6.04 Å². The predicted molar refractivity (Wildman–Crippen MR) is 58.7 cm³/mol. The number of nitrogens with one attached hydrogen (secondary N) is 1. The summed E-state index contributed by atoms with van der Waals surface area (Å²) in [6.07, 6.45) is 4.65. The summed E-state index contributed by atoms with van der Waals surface area (Å²) in [5.74, 6) is 1.55. The SMILES string of the molecule is Cc1nccc(NC2CCCC2(C)O)n1. The lowest BCUT2D eigenvalue weighted by molar-refractivity contribution is 0.0577. The van der Waals surface area contributed by atoms with Crippen molar-refractivity contribution in [2.75, 3.05) is 5.32 Å². The zero-order valence-corrected chi connectivity index (χ0v) is 9.20. The quantitative estimate of drug-likeness (QED) is 0.771. The van der Waals surface area contributed by atoms with Gasteiger partial charge in [0, 0.05) is 6.20 Å². The van der Waals surface area contributed by atoms with Crippen molar-refractivity contribution in [2.24, 2.45) is 0 Å². The van der Waals surface area contributed by atoms with Gasteiger partial charge in [0.1, 0.15) is 11.6 Å². The molecule has 4 nitrogen and oxygen atoms in total. The zero-order chi connectivity index (χ0) is 10.9. The minimum absolute atomic E-state index is 0.104. The van der Waals surface area contributed by atoms with Gasteiger partial charge in [0.25, 0.3) is 0 Å². The highest BCUT2D eigenvalue weighted by atomic mass is 16.3. The van der Waals surface area contributed by atoms with Gasteiger partial charge in [-0.1, -0.05) is 0 Å². The number of hydrogen-bond acceptors (Lipinski definition) is 4. The van der Waals surface area contributed by atoms with Gasteiger partial charge in [-0.15, -0.1) is 0 Å². The minimum Gasteiger partial charge on any atom is -0.388 e. The summed E-state index contributed by atoms with van der Waals surface area (Å²) in [6.45, 7) is 3.74. The standard InChI is InChI=1S/C11H17N3O/c1-8-12-7-5-10(13-8)14-9-4-3-6-11(9,2)15/h5,7,9,15H,3-4,6H2,1-2H3,(H,12,13,14). The predicted octanol–water partition coefficient (Wildman–Crippen LogP) is 1.50. The number of rotatable bonds is 2. The molecule has 1 aliphatic carbocycles.